The average molecular weight is 266 g/mol. The highest BCUT2D eigenvalue weighted by atomic mass is 16.6. The fraction of sp³-hybridized carbons (Fsp3) is 0.417. The molecule has 1 amide bonds. The third-order valence-electron chi connectivity index (χ3n) is 2.50. The molecular formula is C12H18N4O3. The van der Waals surface area contributed by atoms with Crippen molar-refractivity contribution in [3.8, 4) is 0 Å². The molecule has 0 saturated carbocycles. The summed E-state index contributed by atoms with van der Waals surface area (Å²) < 4.78 is 0. The van der Waals surface area contributed by atoms with Crippen LogP contribution in [0, 0.1) is 10.1 Å². The van der Waals surface area contributed by atoms with E-state index in [9.17, 15) is 14.9 Å². The summed E-state index contributed by atoms with van der Waals surface area (Å²) in [7, 11) is 0. The van der Waals surface area contributed by atoms with Crippen LogP contribution in [0.5, 0.6) is 0 Å². The Bertz CT molecular complexity index is 462. The Morgan fingerprint density at radius 2 is 2.11 bits per heavy atom. The smallest absolute Gasteiger partial charge is 0.292 e. The molecular weight excluding hydrogens is 248 g/mol. The van der Waals surface area contributed by atoms with Gasteiger partial charge in [0, 0.05) is 24.7 Å². The van der Waals surface area contributed by atoms with E-state index in [1.165, 1.54) is 18.2 Å². The van der Waals surface area contributed by atoms with E-state index >= 15 is 0 Å². The second-order valence-corrected chi connectivity index (χ2v) is 4.04. The molecule has 7 nitrogen and oxygen atoms in total. The quantitative estimate of drug-likeness (QED) is 0.294. The number of nitro benzene ring substituents is 1. The van der Waals surface area contributed by atoms with Gasteiger partial charge in [0.25, 0.3) is 11.6 Å². The monoisotopic (exact) mass is 266 g/mol. The molecule has 0 heterocycles. The lowest BCUT2D eigenvalue weighted by molar-refractivity contribution is -0.383. The first kappa shape index (κ1) is 14.9. The molecule has 0 aromatic heterocycles. The van der Waals surface area contributed by atoms with E-state index in [0.717, 1.165) is 13.0 Å². The van der Waals surface area contributed by atoms with Gasteiger partial charge in [-0.2, -0.15) is 0 Å². The third kappa shape index (κ3) is 4.55. The van der Waals surface area contributed by atoms with Crippen molar-refractivity contribution in [2.75, 3.05) is 25.4 Å². The maximum absolute atomic E-state index is 11.8. The first-order valence-electron chi connectivity index (χ1n) is 6.09. The molecule has 0 bridgehead atoms. The van der Waals surface area contributed by atoms with Crippen molar-refractivity contribution in [3.63, 3.8) is 0 Å². The van der Waals surface area contributed by atoms with E-state index in [2.05, 4.69) is 17.6 Å². The number of nitrogen functional groups attached to an aromatic ring is 1. The number of nitrogens with two attached hydrogens (primary N) is 1. The molecule has 0 atom stereocenters. The Balaban J connectivity index is 2.57. The lowest BCUT2D eigenvalue weighted by atomic mass is 10.1. The van der Waals surface area contributed by atoms with Gasteiger partial charge in [-0.25, -0.2) is 0 Å². The summed E-state index contributed by atoms with van der Waals surface area (Å²) in [6, 6.07) is 4.02. The van der Waals surface area contributed by atoms with Gasteiger partial charge in [-0.05, 0) is 25.1 Å². The highest BCUT2D eigenvalue weighted by Gasteiger charge is 2.15. The number of amides is 1. The first-order chi connectivity index (χ1) is 9.06. The van der Waals surface area contributed by atoms with Gasteiger partial charge in [0.1, 0.15) is 5.69 Å². The molecule has 0 unspecified atom stereocenters. The zero-order valence-corrected chi connectivity index (χ0v) is 10.8. The Morgan fingerprint density at radius 3 is 2.74 bits per heavy atom. The van der Waals surface area contributed by atoms with Crippen molar-refractivity contribution < 1.29 is 9.72 Å². The van der Waals surface area contributed by atoms with Crippen molar-refractivity contribution in [3.05, 3.63) is 33.9 Å². The molecule has 4 N–H and O–H groups in total. The second-order valence-electron chi connectivity index (χ2n) is 4.04. The molecule has 0 aliphatic rings. The predicted octanol–water partition coefficient (Wildman–Crippen LogP) is 0.906. The molecule has 0 saturated heterocycles. The van der Waals surface area contributed by atoms with Crippen LogP contribution < -0.4 is 16.4 Å². The second kappa shape index (κ2) is 7.32. The average Bonchev–Trinajstić information content (AvgIpc) is 2.38. The largest absolute Gasteiger partial charge is 0.393 e. The summed E-state index contributed by atoms with van der Waals surface area (Å²) in [4.78, 5) is 21.9. The first-order valence-corrected chi connectivity index (χ1v) is 6.09. The van der Waals surface area contributed by atoms with Gasteiger partial charge in [-0.1, -0.05) is 6.92 Å². The molecule has 0 fully saturated rings. The lowest BCUT2D eigenvalue weighted by Gasteiger charge is -2.06. The Morgan fingerprint density at radius 1 is 1.37 bits per heavy atom. The van der Waals surface area contributed by atoms with E-state index in [0.29, 0.717) is 13.1 Å². The Kier molecular flexibility index (Phi) is 5.74. The van der Waals surface area contributed by atoms with E-state index in [1.54, 1.807) is 0 Å². The molecule has 0 spiro atoms. The van der Waals surface area contributed by atoms with Crippen LogP contribution in [0.2, 0.25) is 0 Å². The zero-order valence-electron chi connectivity index (χ0n) is 10.8. The number of carbonyl (C=O) groups excluding carboxylic acids is 1. The molecule has 19 heavy (non-hydrogen) atoms. The Hall–Kier alpha value is -2.15. The highest BCUT2D eigenvalue weighted by Crippen LogP contribution is 2.22. The number of nitrogens with zero attached hydrogens (tertiary/aromatic N) is 1. The lowest BCUT2D eigenvalue weighted by Crippen LogP contribution is -2.32. The van der Waals surface area contributed by atoms with Gasteiger partial charge < -0.3 is 16.4 Å². The molecule has 1 aromatic carbocycles. The van der Waals surface area contributed by atoms with Gasteiger partial charge in [0.2, 0.25) is 0 Å². The van der Waals surface area contributed by atoms with Crippen LogP contribution in [-0.4, -0.2) is 30.5 Å². The summed E-state index contributed by atoms with van der Waals surface area (Å²) >= 11 is 0. The zero-order chi connectivity index (χ0) is 14.3. The van der Waals surface area contributed by atoms with Crippen molar-refractivity contribution in [2.24, 2.45) is 0 Å². The van der Waals surface area contributed by atoms with Gasteiger partial charge in [-0.3, -0.25) is 14.9 Å². The van der Waals surface area contributed by atoms with E-state index in [4.69, 9.17) is 5.73 Å². The standard InChI is InChI=1S/C12H18N4O3/c1-2-5-14-6-7-15-12(17)9-3-4-10(13)11(8-9)16(18)19/h3-4,8,14H,2,5-7,13H2,1H3,(H,15,17). The predicted molar refractivity (Wildman–Crippen MR) is 73.0 cm³/mol. The summed E-state index contributed by atoms with van der Waals surface area (Å²) in [5.74, 6) is -0.346. The van der Waals surface area contributed by atoms with Crippen LogP contribution >= 0.6 is 0 Å². The fourth-order valence-corrected chi connectivity index (χ4v) is 1.51. The number of hydrogen-bond donors (Lipinski definition) is 3. The van der Waals surface area contributed by atoms with Crippen molar-refractivity contribution in [1.82, 2.24) is 10.6 Å². The number of anilines is 1. The molecule has 1 aromatic rings. The number of nitro groups is 1. The van der Waals surface area contributed by atoms with E-state index in [1.807, 2.05) is 0 Å². The van der Waals surface area contributed by atoms with Crippen LogP contribution in [0.15, 0.2) is 18.2 Å². The van der Waals surface area contributed by atoms with Gasteiger partial charge in [-0.15, -0.1) is 0 Å². The maximum atomic E-state index is 11.8. The minimum absolute atomic E-state index is 0.0474. The summed E-state index contributed by atoms with van der Waals surface area (Å²) in [6.07, 6.45) is 1.03. The number of carbonyl (C=O) groups is 1. The van der Waals surface area contributed by atoms with Crippen LogP contribution in [0.25, 0.3) is 0 Å². The topological polar surface area (TPSA) is 110 Å². The minimum atomic E-state index is -0.602. The van der Waals surface area contributed by atoms with Crippen molar-refractivity contribution >= 4 is 17.3 Å². The van der Waals surface area contributed by atoms with Crippen LogP contribution in [0.3, 0.4) is 0 Å². The SMILES string of the molecule is CCCNCCNC(=O)c1ccc(N)c([N+](=O)[O-])c1. The number of hydrogen-bond acceptors (Lipinski definition) is 5. The molecule has 7 heteroatoms. The summed E-state index contributed by atoms with van der Waals surface area (Å²) in [6.45, 7) is 4.08. The van der Waals surface area contributed by atoms with Crippen molar-refractivity contribution in [2.45, 2.75) is 13.3 Å². The molecule has 1 rings (SSSR count). The summed E-state index contributed by atoms with van der Waals surface area (Å²) in [5, 5.41) is 16.5. The van der Waals surface area contributed by atoms with Gasteiger partial charge in [0.15, 0.2) is 0 Å². The van der Waals surface area contributed by atoms with Gasteiger partial charge >= 0.3 is 0 Å². The fourth-order valence-electron chi connectivity index (χ4n) is 1.51. The number of benzene rings is 1. The van der Waals surface area contributed by atoms with Crippen molar-refractivity contribution in [1.29, 1.82) is 0 Å². The summed E-state index contributed by atoms with van der Waals surface area (Å²) in [5.41, 5.74) is 5.49. The van der Waals surface area contributed by atoms with Crippen LogP contribution in [0.4, 0.5) is 11.4 Å². The third-order valence-corrected chi connectivity index (χ3v) is 2.50. The van der Waals surface area contributed by atoms with E-state index < -0.39 is 4.92 Å². The number of rotatable bonds is 7. The molecule has 104 valence electrons. The Labute approximate surface area is 111 Å². The number of nitrogens with one attached hydrogen (secondary N) is 2. The molecule has 0 radical (unpaired) electrons. The highest BCUT2D eigenvalue weighted by molar-refractivity contribution is 5.95. The van der Waals surface area contributed by atoms with Gasteiger partial charge in [0.05, 0.1) is 4.92 Å². The normalized spacial score (nSPS) is 10.2. The maximum Gasteiger partial charge on any atom is 0.292 e. The molecule has 0 aliphatic carbocycles. The minimum Gasteiger partial charge on any atom is -0.393 e. The van der Waals surface area contributed by atoms with Crippen LogP contribution in [-0.2, 0) is 0 Å². The van der Waals surface area contributed by atoms with E-state index in [-0.39, 0.29) is 22.8 Å². The molecule has 0 aliphatic heterocycles. The van der Waals surface area contributed by atoms with Crippen LogP contribution in [0.1, 0.15) is 23.7 Å².